The van der Waals surface area contributed by atoms with E-state index in [0.29, 0.717) is 23.5 Å². The number of rotatable bonds is 7. The molecule has 24 heavy (non-hydrogen) atoms. The van der Waals surface area contributed by atoms with Gasteiger partial charge in [0.2, 0.25) is 5.88 Å². The lowest BCUT2D eigenvalue weighted by Crippen LogP contribution is -2.12. The van der Waals surface area contributed by atoms with Crippen LogP contribution in [0.25, 0.3) is 11.2 Å². The first-order valence-corrected chi connectivity index (χ1v) is 7.12. The third-order valence-electron chi connectivity index (χ3n) is 3.17. The number of aromatic amines is 1. The van der Waals surface area contributed by atoms with E-state index >= 15 is 0 Å². The number of H-pyrrole nitrogens is 1. The molecule has 0 amide bonds. The molecule has 0 aliphatic heterocycles. The highest BCUT2D eigenvalue weighted by Crippen LogP contribution is 2.19. The quantitative estimate of drug-likeness (QED) is 0.598. The monoisotopic (exact) mass is 339 g/mol. The number of aliphatic hydroxyl groups excluding tert-OH is 1. The number of anilines is 2. The zero-order valence-corrected chi connectivity index (χ0v) is 12.6. The second-order valence-corrected chi connectivity index (χ2v) is 5.20. The molecule has 3 heterocycles. The molecule has 3 aromatic rings. The predicted octanol–water partition coefficient (Wildman–Crippen LogP) is 1.52. The lowest BCUT2D eigenvalue weighted by molar-refractivity contribution is -0.0528. The number of fused-ring (bicyclic) bond motifs is 1. The SMILES string of the molecule is C[C@H](CO)Cn1ncc2ncc(Nc3cc(OC(F)F)[nH]n3)nc21. The summed E-state index contributed by atoms with van der Waals surface area (Å²) >= 11 is 0. The molecule has 0 aliphatic carbocycles. The van der Waals surface area contributed by atoms with Crippen LogP contribution in [0.3, 0.4) is 0 Å². The Kier molecular flexibility index (Phi) is 4.51. The number of aromatic nitrogens is 6. The Labute approximate surface area is 134 Å². The number of halogens is 2. The summed E-state index contributed by atoms with van der Waals surface area (Å²) in [5.41, 5.74) is 1.15. The number of ether oxygens (including phenoxy) is 1. The van der Waals surface area contributed by atoms with E-state index in [-0.39, 0.29) is 24.2 Å². The van der Waals surface area contributed by atoms with Crippen LogP contribution in [0, 0.1) is 5.92 Å². The molecule has 11 heteroatoms. The van der Waals surface area contributed by atoms with Crippen molar-refractivity contribution in [1.82, 2.24) is 29.9 Å². The topological polar surface area (TPSA) is 114 Å². The lowest BCUT2D eigenvalue weighted by atomic mass is 10.2. The van der Waals surface area contributed by atoms with Crippen LogP contribution in [0.15, 0.2) is 18.5 Å². The average Bonchev–Trinajstić information content (AvgIpc) is 3.14. The van der Waals surface area contributed by atoms with E-state index in [1.807, 2.05) is 6.92 Å². The van der Waals surface area contributed by atoms with E-state index in [0.717, 1.165) is 0 Å². The molecule has 3 N–H and O–H groups in total. The van der Waals surface area contributed by atoms with Gasteiger partial charge in [0.05, 0.1) is 12.4 Å². The summed E-state index contributed by atoms with van der Waals surface area (Å²) in [6, 6.07) is 1.28. The Bertz CT molecular complexity index is 820. The summed E-state index contributed by atoms with van der Waals surface area (Å²) in [5.74, 6) is 0.486. The molecule has 0 aliphatic rings. The molecule has 0 radical (unpaired) electrons. The van der Waals surface area contributed by atoms with Crippen LogP contribution in [0.4, 0.5) is 20.4 Å². The minimum atomic E-state index is -2.93. The smallest absolute Gasteiger partial charge is 0.388 e. The highest BCUT2D eigenvalue weighted by Gasteiger charge is 2.12. The largest absolute Gasteiger partial charge is 0.417 e. The van der Waals surface area contributed by atoms with Gasteiger partial charge in [0.15, 0.2) is 17.3 Å². The van der Waals surface area contributed by atoms with Gasteiger partial charge in [-0.2, -0.15) is 19.0 Å². The molecule has 0 saturated heterocycles. The maximum absolute atomic E-state index is 12.1. The number of nitrogens with one attached hydrogen (secondary N) is 2. The van der Waals surface area contributed by atoms with Gasteiger partial charge in [-0.25, -0.2) is 19.7 Å². The summed E-state index contributed by atoms with van der Waals surface area (Å²) in [7, 11) is 0. The van der Waals surface area contributed by atoms with E-state index in [4.69, 9.17) is 5.11 Å². The Morgan fingerprint density at radius 2 is 2.21 bits per heavy atom. The van der Waals surface area contributed by atoms with Gasteiger partial charge in [-0.05, 0) is 5.92 Å². The zero-order valence-electron chi connectivity index (χ0n) is 12.6. The van der Waals surface area contributed by atoms with E-state index in [1.54, 1.807) is 10.9 Å². The zero-order chi connectivity index (χ0) is 17.1. The van der Waals surface area contributed by atoms with Crippen molar-refractivity contribution in [1.29, 1.82) is 0 Å². The normalized spacial score (nSPS) is 12.7. The van der Waals surface area contributed by atoms with Crippen molar-refractivity contribution >= 4 is 22.8 Å². The molecule has 0 spiro atoms. The van der Waals surface area contributed by atoms with Gasteiger partial charge < -0.3 is 15.2 Å². The third kappa shape index (κ3) is 3.56. The fourth-order valence-electron chi connectivity index (χ4n) is 2.05. The van der Waals surface area contributed by atoms with Gasteiger partial charge in [-0.1, -0.05) is 6.92 Å². The predicted molar refractivity (Wildman–Crippen MR) is 80.1 cm³/mol. The van der Waals surface area contributed by atoms with Crippen molar-refractivity contribution in [3.8, 4) is 5.88 Å². The van der Waals surface area contributed by atoms with Crippen molar-refractivity contribution in [3.05, 3.63) is 18.5 Å². The van der Waals surface area contributed by atoms with E-state index in [9.17, 15) is 8.78 Å². The van der Waals surface area contributed by atoms with E-state index in [2.05, 4.69) is 35.3 Å². The minimum absolute atomic E-state index is 0.0203. The summed E-state index contributed by atoms with van der Waals surface area (Å²) in [5, 5.41) is 22.3. The van der Waals surface area contributed by atoms with Crippen LogP contribution in [0.2, 0.25) is 0 Å². The molecule has 1 atom stereocenters. The molecule has 0 aromatic carbocycles. The van der Waals surface area contributed by atoms with Gasteiger partial charge in [0.1, 0.15) is 5.52 Å². The molecular weight excluding hydrogens is 324 g/mol. The fraction of sp³-hybridized carbons (Fsp3) is 0.385. The highest BCUT2D eigenvalue weighted by atomic mass is 19.3. The first kappa shape index (κ1) is 16.1. The molecular formula is C13H15F2N7O2. The minimum Gasteiger partial charge on any atom is -0.417 e. The van der Waals surface area contributed by atoms with E-state index in [1.165, 1.54) is 12.3 Å². The number of alkyl halides is 2. The van der Waals surface area contributed by atoms with Crippen LogP contribution in [-0.2, 0) is 6.54 Å². The third-order valence-corrected chi connectivity index (χ3v) is 3.17. The molecule has 0 unspecified atom stereocenters. The van der Waals surface area contributed by atoms with Crippen LogP contribution in [-0.4, -0.2) is 48.3 Å². The van der Waals surface area contributed by atoms with Gasteiger partial charge in [0.25, 0.3) is 0 Å². The number of nitrogens with zero attached hydrogens (tertiary/aromatic N) is 5. The summed E-state index contributed by atoms with van der Waals surface area (Å²) in [6.45, 7) is -0.519. The summed E-state index contributed by atoms with van der Waals surface area (Å²) in [6.07, 6.45) is 3.06. The summed E-state index contributed by atoms with van der Waals surface area (Å²) < 4.78 is 30.1. The van der Waals surface area contributed by atoms with E-state index < -0.39 is 6.61 Å². The first-order valence-electron chi connectivity index (χ1n) is 7.12. The number of hydrogen-bond acceptors (Lipinski definition) is 7. The maximum Gasteiger partial charge on any atom is 0.388 e. The van der Waals surface area contributed by atoms with Gasteiger partial charge in [0, 0.05) is 19.2 Å². The van der Waals surface area contributed by atoms with Crippen LogP contribution in [0.5, 0.6) is 5.88 Å². The highest BCUT2D eigenvalue weighted by molar-refractivity contribution is 5.71. The average molecular weight is 339 g/mol. The Hall–Kier alpha value is -2.82. The van der Waals surface area contributed by atoms with Crippen molar-refractivity contribution < 1.29 is 18.6 Å². The van der Waals surface area contributed by atoms with Crippen LogP contribution in [0.1, 0.15) is 6.92 Å². The fourth-order valence-corrected chi connectivity index (χ4v) is 2.05. The molecule has 3 rings (SSSR count). The van der Waals surface area contributed by atoms with Gasteiger partial charge >= 0.3 is 6.61 Å². The number of hydrogen-bond donors (Lipinski definition) is 3. The lowest BCUT2D eigenvalue weighted by Gasteiger charge is -2.08. The second-order valence-electron chi connectivity index (χ2n) is 5.20. The molecule has 128 valence electrons. The van der Waals surface area contributed by atoms with Gasteiger partial charge in [-0.15, -0.1) is 0 Å². The van der Waals surface area contributed by atoms with Crippen LogP contribution >= 0.6 is 0 Å². The Morgan fingerprint density at radius 3 is 2.96 bits per heavy atom. The van der Waals surface area contributed by atoms with Crippen molar-refractivity contribution in [2.45, 2.75) is 20.1 Å². The molecule has 3 aromatic heterocycles. The maximum atomic E-state index is 12.1. The number of aliphatic hydroxyl groups is 1. The molecule has 0 fully saturated rings. The van der Waals surface area contributed by atoms with Gasteiger partial charge in [-0.3, -0.25) is 0 Å². The molecule has 9 nitrogen and oxygen atoms in total. The Balaban J connectivity index is 1.79. The van der Waals surface area contributed by atoms with Crippen molar-refractivity contribution in [2.24, 2.45) is 5.92 Å². The Morgan fingerprint density at radius 1 is 1.38 bits per heavy atom. The molecule has 0 saturated carbocycles. The van der Waals surface area contributed by atoms with Crippen LogP contribution < -0.4 is 10.1 Å². The summed E-state index contributed by atoms with van der Waals surface area (Å²) in [4.78, 5) is 8.62. The van der Waals surface area contributed by atoms with Crippen molar-refractivity contribution in [2.75, 3.05) is 11.9 Å². The van der Waals surface area contributed by atoms with Crippen molar-refractivity contribution in [3.63, 3.8) is 0 Å². The first-order chi connectivity index (χ1) is 11.5. The second kappa shape index (κ2) is 6.74. The molecule has 0 bridgehead atoms. The standard InChI is InChI=1S/C13H15F2N7O2/c1-7(6-23)5-22-12-8(3-17-22)16-4-10(19-12)18-9-2-11(21-20-9)24-13(14)15/h2-4,7,13,23H,5-6H2,1H3,(H2,18,19,20,21)/t7-/m0/s1.